The fraction of sp³-hybridized carbons (Fsp3) is 0.632. The van der Waals surface area contributed by atoms with Gasteiger partial charge in [-0.25, -0.2) is 4.98 Å². The van der Waals surface area contributed by atoms with Crippen LogP contribution in [-0.4, -0.2) is 33.3 Å². The topological polar surface area (TPSA) is 71.8 Å². The van der Waals surface area contributed by atoms with Crippen LogP contribution in [0.5, 0.6) is 0 Å². The quantitative estimate of drug-likeness (QED) is 0.807. The molecule has 0 spiro atoms. The van der Waals surface area contributed by atoms with Gasteiger partial charge >= 0.3 is 0 Å². The summed E-state index contributed by atoms with van der Waals surface area (Å²) in [7, 11) is 1.88. The van der Waals surface area contributed by atoms with Gasteiger partial charge in [0.25, 0.3) is 5.91 Å². The van der Waals surface area contributed by atoms with Crippen LogP contribution >= 0.6 is 0 Å². The summed E-state index contributed by atoms with van der Waals surface area (Å²) >= 11 is 0. The molecule has 2 heterocycles. The molecule has 2 N–H and O–H groups in total. The van der Waals surface area contributed by atoms with E-state index in [0.29, 0.717) is 24.1 Å². The van der Waals surface area contributed by atoms with Gasteiger partial charge in [0, 0.05) is 25.8 Å². The number of fused-ring (bicyclic) bond motifs is 1. The van der Waals surface area contributed by atoms with Crippen LogP contribution in [0.15, 0.2) is 12.4 Å². The van der Waals surface area contributed by atoms with E-state index >= 15 is 0 Å². The number of nitrogens with zero attached hydrogens (tertiary/aromatic N) is 3. The molecule has 0 bridgehead atoms. The molecule has 1 saturated carbocycles. The number of anilines is 1. The second kappa shape index (κ2) is 7.85. The van der Waals surface area contributed by atoms with Crippen LogP contribution in [0.4, 0.5) is 5.69 Å². The number of rotatable bonds is 7. The van der Waals surface area contributed by atoms with E-state index in [9.17, 15) is 4.79 Å². The van der Waals surface area contributed by atoms with Crippen LogP contribution in [0.2, 0.25) is 0 Å². The first-order chi connectivity index (χ1) is 12.1. The predicted octanol–water partition coefficient (Wildman–Crippen LogP) is 3.49. The highest BCUT2D eigenvalue weighted by Crippen LogP contribution is 2.30. The number of amides is 1. The van der Waals surface area contributed by atoms with E-state index in [4.69, 9.17) is 0 Å². The third-order valence-electron chi connectivity index (χ3n) is 5.42. The van der Waals surface area contributed by atoms with Gasteiger partial charge in [-0.2, -0.15) is 5.10 Å². The van der Waals surface area contributed by atoms with Crippen LogP contribution in [-0.2, 0) is 7.05 Å². The SMILES string of the molecule is CCC(CC)CNC(=O)c1cnc2c(cnn2C)c1NC1CCCC1. The highest BCUT2D eigenvalue weighted by molar-refractivity contribution is 6.06. The first kappa shape index (κ1) is 17.7. The van der Waals surface area contributed by atoms with Crippen molar-refractivity contribution in [3.05, 3.63) is 18.0 Å². The van der Waals surface area contributed by atoms with Crippen molar-refractivity contribution < 1.29 is 4.79 Å². The standard InChI is InChI=1S/C19H29N5O/c1-4-13(5-2)10-21-19(25)16-11-20-18-15(12-22-24(18)3)17(16)23-14-8-6-7-9-14/h11-14H,4-10H2,1-3H3,(H,20,23)(H,21,25). The lowest BCUT2D eigenvalue weighted by molar-refractivity contribution is 0.0947. The fourth-order valence-electron chi connectivity index (χ4n) is 3.61. The molecule has 6 heteroatoms. The summed E-state index contributed by atoms with van der Waals surface area (Å²) in [6.45, 7) is 5.03. The number of aromatic nitrogens is 3. The van der Waals surface area contributed by atoms with Gasteiger partial charge in [0.2, 0.25) is 0 Å². The fourth-order valence-corrected chi connectivity index (χ4v) is 3.61. The monoisotopic (exact) mass is 343 g/mol. The van der Waals surface area contributed by atoms with E-state index in [-0.39, 0.29) is 5.91 Å². The number of pyridine rings is 1. The Morgan fingerprint density at radius 3 is 2.68 bits per heavy atom. The zero-order valence-electron chi connectivity index (χ0n) is 15.5. The number of aryl methyl sites for hydroxylation is 1. The summed E-state index contributed by atoms with van der Waals surface area (Å²) in [5, 5.41) is 11.9. The van der Waals surface area contributed by atoms with E-state index in [1.54, 1.807) is 17.1 Å². The number of hydrogen-bond acceptors (Lipinski definition) is 4. The van der Waals surface area contributed by atoms with Crippen LogP contribution < -0.4 is 10.6 Å². The predicted molar refractivity (Wildman–Crippen MR) is 101 cm³/mol. The highest BCUT2D eigenvalue weighted by atomic mass is 16.1. The average molecular weight is 343 g/mol. The first-order valence-electron chi connectivity index (χ1n) is 9.49. The molecule has 1 fully saturated rings. The molecule has 3 rings (SSSR count). The average Bonchev–Trinajstić information content (AvgIpc) is 3.26. The Labute approximate surface area is 149 Å². The minimum absolute atomic E-state index is 0.0503. The first-order valence-corrected chi connectivity index (χ1v) is 9.49. The molecule has 0 aromatic carbocycles. The Balaban J connectivity index is 1.88. The van der Waals surface area contributed by atoms with Crippen molar-refractivity contribution in [2.24, 2.45) is 13.0 Å². The van der Waals surface area contributed by atoms with Crippen molar-refractivity contribution in [1.82, 2.24) is 20.1 Å². The highest BCUT2D eigenvalue weighted by Gasteiger charge is 2.22. The van der Waals surface area contributed by atoms with E-state index in [2.05, 4.69) is 34.6 Å². The van der Waals surface area contributed by atoms with E-state index in [1.807, 2.05) is 7.05 Å². The van der Waals surface area contributed by atoms with Gasteiger partial charge in [0.05, 0.1) is 22.8 Å². The van der Waals surface area contributed by atoms with Crippen LogP contribution in [0.3, 0.4) is 0 Å². The largest absolute Gasteiger partial charge is 0.381 e. The summed E-state index contributed by atoms with van der Waals surface area (Å²) in [6, 6.07) is 0.427. The van der Waals surface area contributed by atoms with Crippen molar-refractivity contribution >= 4 is 22.6 Å². The summed E-state index contributed by atoms with van der Waals surface area (Å²) in [5.74, 6) is 0.468. The van der Waals surface area contributed by atoms with Crippen molar-refractivity contribution in [1.29, 1.82) is 0 Å². The molecular formula is C19H29N5O. The Morgan fingerprint density at radius 1 is 1.28 bits per heavy atom. The van der Waals surface area contributed by atoms with Crippen LogP contribution in [0.25, 0.3) is 11.0 Å². The Hall–Kier alpha value is -2.11. The third kappa shape index (κ3) is 3.78. The molecule has 0 radical (unpaired) electrons. The van der Waals surface area contributed by atoms with Gasteiger partial charge in [0.1, 0.15) is 0 Å². The molecule has 136 valence electrons. The number of carbonyl (C=O) groups excluding carboxylic acids is 1. The van der Waals surface area contributed by atoms with Crippen LogP contribution in [0.1, 0.15) is 62.7 Å². The maximum Gasteiger partial charge on any atom is 0.254 e. The Morgan fingerprint density at radius 2 is 2.00 bits per heavy atom. The van der Waals surface area contributed by atoms with Gasteiger partial charge in [-0.1, -0.05) is 39.5 Å². The van der Waals surface area contributed by atoms with Gasteiger partial charge in [-0.15, -0.1) is 0 Å². The minimum atomic E-state index is -0.0503. The summed E-state index contributed by atoms with van der Waals surface area (Å²) in [6.07, 6.45) is 10.4. The van der Waals surface area contributed by atoms with Crippen molar-refractivity contribution in [3.63, 3.8) is 0 Å². The molecular weight excluding hydrogens is 314 g/mol. The van der Waals surface area contributed by atoms with E-state index < -0.39 is 0 Å². The molecule has 6 nitrogen and oxygen atoms in total. The molecule has 0 unspecified atom stereocenters. The zero-order valence-corrected chi connectivity index (χ0v) is 15.5. The molecule has 0 saturated heterocycles. The lowest BCUT2D eigenvalue weighted by atomic mass is 10.0. The molecule has 1 aliphatic rings. The summed E-state index contributed by atoms with van der Waals surface area (Å²) in [5.41, 5.74) is 2.31. The molecule has 0 atom stereocenters. The second-order valence-corrected chi connectivity index (χ2v) is 7.07. The zero-order chi connectivity index (χ0) is 17.8. The lowest BCUT2D eigenvalue weighted by Gasteiger charge is -2.19. The smallest absolute Gasteiger partial charge is 0.254 e. The van der Waals surface area contributed by atoms with Gasteiger partial charge < -0.3 is 10.6 Å². The van der Waals surface area contributed by atoms with E-state index in [1.165, 1.54) is 12.8 Å². The molecule has 2 aromatic rings. The van der Waals surface area contributed by atoms with Crippen LogP contribution in [0, 0.1) is 5.92 Å². The van der Waals surface area contributed by atoms with Gasteiger partial charge in [0.15, 0.2) is 5.65 Å². The maximum absolute atomic E-state index is 12.8. The van der Waals surface area contributed by atoms with Crippen molar-refractivity contribution in [2.75, 3.05) is 11.9 Å². The number of nitrogens with one attached hydrogen (secondary N) is 2. The van der Waals surface area contributed by atoms with Gasteiger partial charge in [-0.3, -0.25) is 9.48 Å². The second-order valence-electron chi connectivity index (χ2n) is 7.07. The number of carbonyl (C=O) groups is 1. The van der Waals surface area contributed by atoms with Crippen molar-refractivity contribution in [3.8, 4) is 0 Å². The molecule has 1 aliphatic carbocycles. The Kier molecular flexibility index (Phi) is 5.56. The molecule has 0 aliphatic heterocycles. The van der Waals surface area contributed by atoms with Crippen molar-refractivity contribution in [2.45, 2.75) is 58.4 Å². The minimum Gasteiger partial charge on any atom is -0.381 e. The maximum atomic E-state index is 12.8. The summed E-state index contributed by atoms with van der Waals surface area (Å²) in [4.78, 5) is 17.3. The van der Waals surface area contributed by atoms with E-state index in [0.717, 1.165) is 42.4 Å². The lowest BCUT2D eigenvalue weighted by Crippen LogP contribution is -2.30. The summed E-state index contributed by atoms with van der Waals surface area (Å²) < 4.78 is 1.75. The Bertz CT molecular complexity index is 729. The number of hydrogen-bond donors (Lipinski definition) is 2. The molecule has 2 aromatic heterocycles. The third-order valence-corrected chi connectivity index (χ3v) is 5.42. The van der Waals surface area contributed by atoms with Gasteiger partial charge in [-0.05, 0) is 18.8 Å². The molecule has 1 amide bonds. The normalized spacial score (nSPS) is 15.2. The molecule has 25 heavy (non-hydrogen) atoms.